The van der Waals surface area contributed by atoms with Crippen LogP contribution in [0.5, 0.6) is 0 Å². The third kappa shape index (κ3) is 2.86. The Morgan fingerprint density at radius 3 is 2.76 bits per heavy atom. The molecule has 0 aromatic carbocycles. The number of H-pyrrole nitrogens is 2. The number of rotatable bonds is 3. The molecule has 0 spiro atoms. The second-order valence-corrected chi connectivity index (χ2v) is 7.56. The fourth-order valence-electron chi connectivity index (χ4n) is 4.35. The lowest BCUT2D eigenvalue weighted by molar-refractivity contribution is 0.0696. The van der Waals surface area contributed by atoms with Crippen LogP contribution in [0, 0.1) is 5.92 Å². The SMILES string of the molecule is CC(C)C1CC(N2CCCC2)CN1C(=O)c1ccnc2[nH]c(=O)[nH]c12. The lowest BCUT2D eigenvalue weighted by atomic mass is 9.99. The number of aromatic nitrogens is 3. The van der Waals surface area contributed by atoms with Crippen LogP contribution in [-0.2, 0) is 0 Å². The Bertz CT molecular complexity index is 833. The molecular weight excluding hydrogens is 318 g/mol. The van der Waals surface area contributed by atoms with Crippen LogP contribution in [0.2, 0.25) is 0 Å². The summed E-state index contributed by atoms with van der Waals surface area (Å²) in [7, 11) is 0. The van der Waals surface area contributed by atoms with Gasteiger partial charge in [-0.2, -0.15) is 0 Å². The molecule has 0 saturated carbocycles. The highest BCUT2D eigenvalue weighted by atomic mass is 16.2. The highest BCUT2D eigenvalue weighted by Gasteiger charge is 2.40. The van der Waals surface area contributed by atoms with Gasteiger partial charge in [0.2, 0.25) is 0 Å². The van der Waals surface area contributed by atoms with Gasteiger partial charge in [0.15, 0.2) is 5.65 Å². The first-order valence-corrected chi connectivity index (χ1v) is 9.16. The van der Waals surface area contributed by atoms with E-state index in [1.54, 1.807) is 12.3 Å². The van der Waals surface area contributed by atoms with E-state index in [9.17, 15) is 9.59 Å². The van der Waals surface area contributed by atoms with E-state index < -0.39 is 0 Å². The Hall–Kier alpha value is -2.15. The average molecular weight is 343 g/mol. The Balaban J connectivity index is 1.65. The number of hydrogen-bond acceptors (Lipinski definition) is 4. The molecule has 2 unspecified atom stereocenters. The summed E-state index contributed by atoms with van der Waals surface area (Å²) in [5.74, 6) is 0.391. The Morgan fingerprint density at radius 1 is 1.28 bits per heavy atom. The topological polar surface area (TPSA) is 85.1 Å². The molecule has 2 aliphatic heterocycles. The first-order valence-electron chi connectivity index (χ1n) is 9.16. The summed E-state index contributed by atoms with van der Waals surface area (Å²) in [5.41, 5.74) is 1.13. The van der Waals surface area contributed by atoms with Crippen LogP contribution in [-0.4, -0.2) is 62.4 Å². The van der Waals surface area contributed by atoms with Crippen molar-refractivity contribution in [1.82, 2.24) is 24.8 Å². The van der Waals surface area contributed by atoms with Gasteiger partial charge >= 0.3 is 5.69 Å². The molecule has 25 heavy (non-hydrogen) atoms. The zero-order chi connectivity index (χ0) is 17.6. The van der Waals surface area contributed by atoms with Crippen molar-refractivity contribution in [2.75, 3.05) is 19.6 Å². The molecule has 2 atom stereocenters. The number of carbonyl (C=O) groups excluding carboxylic acids is 1. The van der Waals surface area contributed by atoms with E-state index in [1.807, 2.05) is 4.90 Å². The van der Waals surface area contributed by atoms with Gasteiger partial charge in [0.25, 0.3) is 5.91 Å². The minimum atomic E-state index is -0.334. The molecule has 1 amide bonds. The van der Waals surface area contributed by atoms with Gasteiger partial charge in [0.05, 0.1) is 11.1 Å². The zero-order valence-corrected chi connectivity index (χ0v) is 14.8. The molecule has 0 radical (unpaired) electrons. The average Bonchev–Trinajstić information content (AvgIpc) is 3.30. The van der Waals surface area contributed by atoms with E-state index >= 15 is 0 Å². The summed E-state index contributed by atoms with van der Waals surface area (Å²) in [5, 5.41) is 0. The number of carbonyl (C=O) groups is 1. The number of nitrogens with zero attached hydrogens (tertiary/aromatic N) is 3. The van der Waals surface area contributed by atoms with Crippen LogP contribution < -0.4 is 5.69 Å². The highest BCUT2D eigenvalue weighted by Crippen LogP contribution is 2.31. The molecule has 7 heteroatoms. The fraction of sp³-hybridized carbons (Fsp3) is 0.611. The number of imidazole rings is 1. The van der Waals surface area contributed by atoms with Gasteiger partial charge in [-0.1, -0.05) is 13.8 Å². The summed E-state index contributed by atoms with van der Waals surface area (Å²) >= 11 is 0. The minimum absolute atomic E-state index is 0.0111. The molecule has 0 bridgehead atoms. The van der Waals surface area contributed by atoms with Gasteiger partial charge in [-0.3, -0.25) is 14.7 Å². The number of amides is 1. The molecule has 2 N–H and O–H groups in total. The van der Waals surface area contributed by atoms with Crippen molar-refractivity contribution in [3.63, 3.8) is 0 Å². The summed E-state index contributed by atoms with van der Waals surface area (Å²) in [4.78, 5) is 38.9. The molecule has 134 valence electrons. The number of likely N-dealkylation sites (tertiary alicyclic amines) is 2. The quantitative estimate of drug-likeness (QED) is 0.886. The van der Waals surface area contributed by atoms with Crippen LogP contribution in [0.25, 0.3) is 11.2 Å². The van der Waals surface area contributed by atoms with Crippen LogP contribution in [0.3, 0.4) is 0 Å². The van der Waals surface area contributed by atoms with Gasteiger partial charge < -0.3 is 9.88 Å². The first kappa shape index (κ1) is 16.3. The monoisotopic (exact) mass is 343 g/mol. The normalized spacial score (nSPS) is 24.7. The van der Waals surface area contributed by atoms with Crippen molar-refractivity contribution < 1.29 is 4.79 Å². The number of fused-ring (bicyclic) bond motifs is 1. The maximum Gasteiger partial charge on any atom is 0.325 e. The van der Waals surface area contributed by atoms with Crippen molar-refractivity contribution in [2.24, 2.45) is 5.92 Å². The lowest BCUT2D eigenvalue weighted by Crippen LogP contribution is -2.40. The van der Waals surface area contributed by atoms with Gasteiger partial charge in [-0.05, 0) is 44.3 Å². The molecular formula is C18H25N5O2. The predicted molar refractivity (Wildman–Crippen MR) is 95.6 cm³/mol. The summed E-state index contributed by atoms with van der Waals surface area (Å²) in [6.45, 7) is 7.40. The van der Waals surface area contributed by atoms with Crippen LogP contribution >= 0.6 is 0 Å². The molecule has 2 aliphatic rings. The van der Waals surface area contributed by atoms with Crippen LogP contribution in [0.1, 0.15) is 43.5 Å². The minimum Gasteiger partial charge on any atom is -0.334 e. The number of aromatic amines is 2. The smallest absolute Gasteiger partial charge is 0.325 e. The molecule has 2 aromatic heterocycles. The Kier molecular flexibility index (Phi) is 4.11. The third-order valence-electron chi connectivity index (χ3n) is 5.66. The third-order valence-corrected chi connectivity index (χ3v) is 5.66. The maximum atomic E-state index is 13.3. The molecule has 2 aromatic rings. The molecule has 2 fully saturated rings. The van der Waals surface area contributed by atoms with E-state index in [1.165, 1.54) is 12.8 Å². The van der Waals surface area contributed by atoms with Crippen molar-refractivity contribution in [3.8, 4) is 0 Å². The van der Waals surface area contributed by atoms with Gasteiger partial charge in [0.1, 0.15) is 0 Å². The predicted octanol–water partition coefficient (Wildman–Crippen LogP) is 1.59. The molecule has 0 aliphatic carbocycles. The summed E-state index contributed by atoms with van der Waals surface area (Å²) in [6, 6.07) is 2.38. The molecule has 4 heterocycles. The van der Waals surface area contributed by atoms with Crippen LogP contribution in [0.4, 0.5) is 0 Å². The van der Waals surface area contributed by atoms with Gasteiger partial charge in [-0.25, -0.2) is 9.78 Å². The summed E-state index contributed by atoms with van der Waals surface area (Å²) < 4.78 is 0. The highest BCUT2D eigenvalue weighted by molar-refractivity contribution is 6.04. The number of hydrogen-bond donors (Lipinski definition) is 2. The number of nitrogens with one attached hydrogen (secondary N) is 2. The van der Waals surface area contributed by atoms with Crippen LogP contribution in [0.15, 0.2) is 17.1 Å². The van der Waals surface area contributed by atoms with E-state index in [-0.39, 0.29) is 17.6 Å². The van der Waals surface area contributed by atoms with Crippen molar-refractivity contribution in [2.45, 2.75) is 45.2 Å². The fourth-order valence-corrected chi connectivity index (χ4v) is 4.35. The second-order valence-electron chi connectivity index (χ2n) is 7.56. The van der Waals surface area contributed by atoms with Gasteiger partial charge in [0, 0.05) is 24.8 Å². The molecule has 4 rings (SSSR count). The van der Waals surface area contributed by atoms with Crippen molar-refractivity contribution >= 4 is 17.1 Å². The summed E-state index contributed by atoms with van der Waals surface area (Å²) in [6.07, 6.45) is 5.12. The first-order chi connectivity index (χ1) is 12.0. The van der Waals surface area contributed by atoms with Gasteiger partial charge in [-0.15, -0.1) is 0 Å². The van der Waals surface area contributed by atoms with E-state index in [4.69, 9.17) is 0 Å². The Morgan fingerprint density at radius 2 is 2.04 bits per heavy atom. The van der Waals surface area contributed by atoms with Crippen molar-refractivity contribution in [3.05, 3.63) is 28.3 Å². The van der Waals surface area contributed by atoms with E-state index in [0.29, 0.717) is 28.7 Å². The molecule has 2 saturated heterocycles. The zero-order valence-electron chi connectivity index (χ0n) is 14.8. The standard InChI is InChI=1S/C18H25N5O2/c1-11(2)14-9-12(22-7-3-4-8-22)10-23(14)17(24)13-5-6-19-16-15(13)20-18(25)21-16/h5-6,11-12,14H,3-4,7-10H2,1-2H3,(H2,19,20,21,25). The number of pyridine rings is 1. The maximum absolute atomic E-state index is 13.3. The largest absolute Gasteiger partial charge is 0.334 e. The second kappa shape index (κ2) is 6.29. The van der Waals surface area contributed by atoms with E-state index in [2.05, 4.69) is 33.7 Å². The molecule has 7 nitrogen and oxygen atoms in total. The lowest BCUT2D eigenvalue weighted by Gasteiger charge is -2.27. The Labute approximate surface area is 146 Å². The van der Waals surface area contributed by atoms with E-state index in [0.717, 1.165) is 26.1 Å². The van der Waals surface area contributed by atoms with Crippen molar-refractivity contribution in [1.29, 1.82) is 0 Å².